The van der Waals surface area contributed by atoms with E-state index in [1.165, 1.54) is 44.9 Å². The Bertz CT molecular complexity index is 250. The first kappa shape index (κ1) is 9.21. The second kappa shape index (κ2) is 2.37. The van der Waals surface area contributed by atoms with Gasteiger partial charge in [-0.3, -0.25) is 0 Å². The summed E-state index contributed by atoms with van der Waals surface area (Å²) in [6, 6.07) is 0. The molecule has 1 nitrogen and oxygen atoms in total. The highest BCUT2D eigenvalue weighted by molar-refractivity contribution is 5.09. The molecule has 2 N–H and O–H groups in total. The molecule has 4 saturated carbocycles. The average molecular weight is 193 g/mol. The molecule has 4 unspecified atom stereocenters. The Kier molecular flexibility index (Phi) is 1.56. The minimum Gasteiger partial charge on any atom is -0.325 e. The highest BCUT2D eigenvalue weighted by atomic mass is 14.8. The molecule has 0 aromatic heterocycles. The lowest BCUT2D eigenvalue weighted by Gasteiger charge is -2.52. The predicted molar refractivity (Wildman–Crippen MR) is 58.9 cm³/mol. The van der Waals surface area contributed by atoms with Gasteiger partial charge in [0, 0.05) is 5.54 Å². The van der Waals surface area contributed by atoms with E-state index in [4.69, 9.17) is 5.73 Å². The lowest BCUT2D eigenvalue weighted by molar-refractivity contribution is 0.00225. The van der Waals surface area contributed by atoms with Crippen LogP contribution in [0.3, 0.4) is 0 Å². The summed E-state index contributed by atoms with van der Waals surface area (Å²) < 4.78 is 0. The van der Waals surface area contributed by atoms with Crippen LogP contribution in [0.15, 0.2) is 0 Å². The van der Waals surface area contributed by atoms with Crippen molar-refractivity contribution in [1.29, 1.82) is 0 Å². The van der Waals surface area contributed by atoms with Gasteiger partial charge >= 0.3 is 0 Å². The summed E-state index contributed by atoms with van der Waals surface area (Å²) in [6.07, 6.45) is 9.65. The Morgan fingerprint density at radius 1 is 0.929 bits per heavy atom. The topological polar surface area (TPSA) is 26.0 Å². The molecular weight excluding hydrogens is 170 g/mol. The van der Waals surface area contributed by atoms with Crippen molar-refractivity contribution in [3.8, 4) is 0 Å². The first-order valence-electron chi connectivity index (χ1n) is 6.20. The fraction of sp³-hybridized carbons (Fsp3) is 1.00. The quantitative estimate of drug-likeness (QED) is 0.628. The fourth-order valence-electron chi connectivity index (χ4n) is 5.35. The Morgan fingerprint density at radius 3 is 2.36 bits per heavy atom. The molecule has 0 amide bonds. The van der Waals surface area contributed by atoms with Crippen LogP contribution in [0.25, 0.3) is 0 Å². The van der Waals surface area contributed by atoms with E-state index in [0.29, 0.717) is 10.8 Å². The summed E-state index contributed by atoms with van der Waals surface area (Å²) in [7, 11) is 0. The van der Waals surface area contributed by atoms with Crippen molar-refractivity contribution in [2.24, 2.45) is 22.5 Å². The van der Waals surface area contributed by atoms with Crippen LogP contribution < -0.4 is 5.73 Å². The number of fused-ring (bicyclic) bond motifs is 1. The Morgan fingerprint density at radius 2 is 1.64 bits per heavy atom. The lowest BCUT2D eigenvalue weighted by Crippen LogP contribution is -2.50. The Hall–Kier alpha value is -0.0400. The summed E-state index contributed by atoms with van der Waals surface area (Å²) >= 11 is 0. The molecule has 4 aliphatic carbocycles. The van der Waals surface area contributed by atoms with Crippen LogP contribution >= 0.6 is 0 Å². The van der Waals surface area contributed by atoms with Crippen molar-refractivity contribution >= 4 is 0 Å². The van der Waals surface area contributed by atoms with Crippen LogP contribution in [-0.2, 0) is 0 Å². The molecule has 0 radical (unpaired) electrons. The second-order valence-electron chi connectivity index (χ2n) is 7.32. The summed E-state index contributed by atoms with van der Waals surface area (Å²) in [5.74, 6) is 0.944. The summed E-state index contributed by atoms with van der Waals surface area (Å²) in [5, 5.41) is 0. The van der Waals surface area contributed by atoms with Crippen molar-refractivity contribution in [3.63, 3.8) is 0 Å². The normalized spacial score (nSPS) is 61.5. The zero-order valence-corrected chi connectivity index (χ0v) is 9.60. The van der Waals surface area contributed by atoms with E-state index in [1.807, 2.05) is 0 Å². The van der Waals surface area contributed by atoms with Gasteiger partial charge in [-0.05, 0) is 61.7 Å². The molecule has 4 fully saturated rings. The largest absolute Gasteiger partial charge is 0.325 e. The van der Waals surface area contributed by atoms with E-state index in [-0.39, 0.29) is 5.54 Å². The highest BCUT2D eigenvalue weighted by Gasteiger charge is 2.54. The smallest absolute Gasteiger partial charge is 0.0162 e. The summed E-state index contributed by atoms with van der Waals surface area (Å²) in [4.78, 5) is 0. The SMILES string of the molecule is CC12CCC3(N)CC(C1)CC(C)(C2)C3. The molecule has 4 atom stereocenters. The van der Waals surface area contributed by atoms with E-state index in [1.54, 1.807) is 0 Å². The summed E-state index contributed by atoms with van der Waals surface area (Å²) in [6.45, 7) is 5.00. The van der Waals surface area contributed by atoms with Crippen molar-refractivity contribution in [3.05, 3.63) is 0 Å². The number of nitrogens with two attached hydrogens (primary N) is 1. The van der Waals surface area contributed by atoms with Gasteiger partial charge in [0.15, 0.2) is 0 Å². The van der Waals surface area contributed by atoms with Crippen LogP contribution in [-0.4, -0.2) is 5.54 Å². The summed E-state index contributed by atoms with van der Waals surface area (Å²) in [5.41, 5.74) is 7.99. The zero-order chi connectivity index (χ0) is 10.0. The molecule has 80 valence electrons. The first-order valence-corrected chi connectivity index (χ1v) is 6.20. The predicted octanol–water partition coefficient (Wildman–Crippen LogP) is 3.08. The first-order chi connectivity index (χ1) is 6.41. The molecule has 4 rings (SSSR count). The maximum atomic E-state index is 6.56. The van der Waals surface area contributed by atoms with Crippen LogP contribution in [0.1, 0.15) is 58.8 Å². The highest BCUT2D eigenvalue weighted by Crippen LogP contribution is 2.62. The molecule has 0 aromatic carbocycles. The minimum atomic E-state index is 0.214. The standard InChI is InChI=1S/C13H23N/c1-11-3-4-13(14)7-10(5-11)6-12(2,8-11)9-13/h10H,3-9,14H2,1-2H3. The van der Waals surface area contributed by atoms with E-state index in [0.717, 1.165) is 5.92 Å². The molecule has 0 saturated heterocycles. The van der Waals surface area contributed by atoms with Crippen molar-refractivity contribution in [2.45, 2.75) is 64.3 Å². The van der Waals surface area contributed by atoms with Gasteiger partial charge in [0.25, 0.3) is 0 Å². The van der Waals surface area contributed by atoms with E-state index in [9.17, 15) is 0 Å². The second-order valence-corrected chi connectivity index (χ2v) is 7.32. The maximum absolute atomic E-state index is 6.56. The molecule has 14 heavy (non-hydrogen) atoms. The van der Waals surface area contributed by atoms with E-state index < -0.39 is 0 Å². The third-order valence-electron chi connectivity index (χ3n) is 5.12. The lowest BCUT2D eigenvalue weighted by atomic mass is 9.54. The Labute approximate surface area is 87.4 Å². The van der Waals surface area contributed by atoms with Gasteiger partial charge < -0.3 is 5.73 Å². The molecule has 0 spiro atoms. The van der Waals surface area contributed by atoms with E-state index in [2.05, 4.69) is 13.8 Å². The van der Waals surface area contributed by atoms with Crippen molar-refractivity contribution < 1.29 is 0 Å². The van der Waals surface area contributed by atoms with Gasteiger partial charge in [0.05, 0.1) is 0 Å². The van der Waals surface area contributed by atoms with Crippen LogP contribution in [0.2, 0.25) is 0 Å². The Balaban J connectivity index is 2.04. The van der Waals surface area contributed by atoms with Crippen LogP contribution in [0, 0.1) is 16.7 Å². The van der Waals surface area contributed by atoms with Crippen molar-refractivity contribution in [2.75, 3.05) is 0 Å². The third-order valence-corrected chi connectivity index (χ3v) is 5.12. The maximum Gasteiger partial charge on any atom is 0.0162 e. The van der Waals surface area contributed by atoms with Gasteiger partial charge in [-0.1, -0.05) is 13.8 Å². The van der Waals surface area contributed by atoms with Crippen LogP contribution in [0.4, 0.5) is 0 Å². The van der Waals surface area contributed by atoms with Gasteiger partial charge in [0.1, 0.15) is 0 Å². The third kappa shape index (κ3) is 1.25. The van der Waals surface area contributed by atoms with E-state index >= 15 is 0 Å². The average Bonchev–Trinajstić information content (AvgIpc) is 2.07. The van der Waals surface area contributed by atoms with Crippen molar-refractivity contribution in [1.82, 2.24) is 0 Å². The molecule has 4 bridgehead atoms. The number of hydrogen-bond acceptors (Lipinski definition) is 1. The molecule has 0 aromatic rings. The molecular formula is C13H23N. The van der Waals surface area contributed by atoms with Gasteiger partial charge in [0.2, 0.25) is 0 Å². The number of rotatable bonds is 0. The number of hydrogen-bond donors (Lipinski definition) is 1. The molecule has 0 aliphatic heterocycles. The zero-order valence-electron chi connectivity index (χ0n) is 9.60. The molecule has 0 heterocycles. The molecule has 4 aliphatic rings. The van der Waals surface area contributed by atoms with Crippen LogP contribution in [0.5, 0.6) is 0 Å². The fourth-order valence-corrected chi connectivity index (χ4v) is 5.35. The minimum absolute atomic E-state index is 0.214. The van der Waals surface area contributed by atoms with Gasteiger partial charge in [-0.2, -0.15) is 0 Å². The molecule has 1 heteroatoms. The monoisotopic (exact) mass is 193 g/mol. The van der Waals surface area contributed by atoms with Gasteiger partial charge in [-0.25, -0.2) is 0 Å². The van der Waals surface area contributed by atoms with Gasteiger partial charge in [-0.15, -0.1) is 0 Å².